The number of anilines is 1. The van der Waals surface area contributed by atoms with E-state index in [2.05, 4.69) is 5.32 Å². The number of carbonyl (C=O) groups excluding carboxylic acids is 1. The minimum Gasteiger partial charge on any atom is -0.494 e. The molecule has 0 heterocycles. The van der Waals surface area contributed by atoms with Crippen molar-refractivity contribution in [3.8, 4) is 5.75 Å². The highest BCUT2D eigenvalue weighted by Gasteiger charge is 2.33. The van der Waals surface area contributed by atoms with E-state index in [1.807, 2.05) is 13.8 Å². The molecule has 114 valence electrons. The van der Waals surface area contributed by atoms with Crippen molar-refractivity contribution < 1.29 is 13.9 Å². The Balaban J connectivity index is 0.00000361. The monoisotopic (exact) mass is 304 g/mol. The van der Waals surface area contributed by atoms with E-state index in [0.717, 1.165) is 0 Å². The molecular formula is C14H22ClFN2O2. The Morgan fingerprint density at radius 2 is 2.00 bits per heavy atom. The molecule has 1 rings (SSSR count). The lowest BCUT2D eigenvalue weighted by atomic mass is 9.81. The third kappa shape index (κ3) is 3.84. The lowest BCUT2D eigenvalue weighted by Crippen LogP contribution is -2.41. The summed E-state index contributed by atoms with van der Waals surface area (Å²) >= 11 is 0. The molecule has 0 spiro atoms. The zero-order valence-electron chi connectivity index (χ0n) is 12.0. The minimum atomic E-state index is -0.601. The van der Waals surface area contributed by atoms with Crippen LogP contribution in [0.2, 0.25) is 0 Å². The quantitative estimate of drug-likeness (QED) is 0.849. The van der Waals surface area contributed by atoms with Crippen LogP contribution in [-0.2, 0) is 4.79 Å². The number of carbonyl (C=O) groups is 1. The van der Waals surface area contributed by atoms with E-state index in [1.165, 1.54) is 19.2 Å². The lowest BCUT2D eigenvalue weighted by Gasteiger charge is -2.28. The Labute approximate surface area is 125 Å². The van der Waals surface area contributed by atoms with E-state index in [4.69, 9.17) is 10.5 Å². The summed E-state index contributed by atoms with van der Waals surface area (Å²) in [5, 5.41) is 2.71. The number of methoxy groups -OCH3 is 1. The second-order valence-electron chi connectivity index (χ2n) is 4.50. The number of nitrogens with one attached hydrogen (secondary N) is 1. The highest BCUT2D eigenvalue weighted by molar-refractivity contribution is 5.95. The van der Waals surface area contributed by atoms with E-state index in [9.17, 15) is 9.18 Å². The highest BCUT2D eigenvalue weighted by atomic mass is 35.5. The molecule has 20 heavy (non-hydrogen) atoms. The Bertz CT molecular complexity index is 443. The van der Waals surface area contributed by atoms with E-state index in [0.29, 0.717) is 18.5 Å². The molecule has 0 aromatic heterocycles. The Morgan fingerprint density at radius 1 is 1.40 bits per heavy atom. The predicted octanol–water partition coefficient (Wildman–Crippen LogP) is 2.96. The maximum atomic E-state index is 13.5. The van der Waals surface area contributed by atoms with Crippen molar-refractivity contribution in [1.82, 2.24) is 0 Å². The minimum absolute atomic E-state index is 0. The molecule has 0 atom stereocenters. The van der Waals surface area contributed by atoms with Gasteiger partial charge in [-0.3, -0.25) is 4.79 Å². The van der Waals surface area contributed by atoms with Crippen molar-refractivity contribution in [3.63, 3.8) is 0 Å². The number of hydrogen-bond acceptors (Lipinski definition) is 3. The summed E-state index contributed by atoms with van der Waals surface area (Å²) < 4.78 is 18.4. The van der Waals surface area contributed by atoms with Gasteiger partial charge in [0.15, 0.2) is 11.6 Å². The Kier molecular flexibility index (Phi) is 7.53. The summed E-state index contributed by atoms with van der Waals surface area (Å²) in [6.07, 6.45) is 1.29. The number of hydrogen-bond donors (Lipinski definition) is 2. The van der Waals surface area contributed by atoms with Gasteiger partial charge in [-0.05, 0) is 25.0 Å². The van der Waals surface area contributed by atoms with Gasteiger partial charge in [0.2, 0.25) is 5.91 Å². The smallest absolute Gasteiger partial charge is 0.231 e. The molecule has 1 aromatic rings. The maximum absolute atomic E-state index is 13.5. The van der Waals surface area contributed by atoms with Crippen LogP contribution < -0.4 is 15.8 Å². The first-order valence-corrected chi connectivity index (χ1v) is 6.38. The maximum Gasteiger partial charge on any atom is 0.231 e. The molecule has 3 N–H and O–H groups in total. The first-order chi connectivity index (χ1) is 9.02. The predicted molar refractivity (Wildman–Crippen MR) is 80.9 cm³/mol. The fourth-order valence-electron chi connectivity index (χ4n) is 1.96. The number of benzene rings is 1. The summed E-state index contributed by atoms with van der Waals surface area (Å²) in [5.41, 5.74) is 5.51. The third-order valence-corrected chi connectivity index (χ3v) is 3.64. The standard InChI is InChI=1S/C14H21FN2O2.ClH/c1-4-14(5-2,9-16)13(18)17-10-6-7-12(19-3)11(15)8-10;/h6-8H,4-5,9,16H2,1-3H3,(H,17,18);1H. The molecule has 0 aliphatic heterocycles. The van der Waals surface area contributed by atoms with Crippen LogP contribution in [0.4, 0.5) is 10.1 Å². The second kappa shape index (κ2) is 8.07. The van der Waals surface area contributed by atoms with Crippen molar-refractivity contribution in [2.45, 2.75) is 26.7 Å². The van der Waals surface area contributed by atoms with Crippen molar-refractivity contribution >= 4 is 24.0 Å². The van der Waals surface area contributed by atoms with Crippen LogP contribution >= 0.6 is 12.4 Å². The number of nitrogens with two attached hydrogens (primary N) is 1. The molecule has 0 fully saturated rings. The lowest BCUT2D eigenvalue weighted by molar-refractivity contribution is -0.125. The van der Waals surface area contributed by atoms with Crippen LogP contribution in [-0.4, -0.2) is 19.6 Å². The van der Waals surface area contributed by atoms with Gasteiger partial charge in [0.05, 0.1) is 12.5 Å². The second-order valence-corrected chi connectivity index (χ2v) is 4.50. The van der Waals surface area contributed by atoms with Gasteiger partial charge in [-0.1, -0.05) is 13.8 Å². The van der Waals surface area contributed by atoms with Crippen LogP contribution in [0.25, 0.3) is 0 Å². The number of ether oxygens (including phenoxy) is 1. The van der Waals surface area contributed by atoms with Gasteiger partial charge in [-0.15, -0.1) is 12.4 Å². The first kappa shape index (κ1) is 18.7. The molecule has 0 unspecified atom stereocenters. The SMILES string of the molecule is CCC(CC)(CN)C(=O)Nc1ccc(OC)c(F)c1.Cl. The summed E-state index contributed by atoms with van der Waals surface area (Å²) in [7, 11) is 1.39. The largest absolute Gasteiger partial charge is 0.494 e. The molecule has 0 radical (unpaired) electrons. The summed E-state index contributed by atoms with van der Waals surface area (Å²) in [6.45, 7) is 4.11. The zero-order valence-corrected chi connectivity index (χ0v) is 12.8. The summed E-state index contributed by atoms with van der Waals surface area (Å²) in [5.74, 6) is -0.537. The van der Waals surface area contributed by atoms with Crippen LogP contribution in [0, 0.1) is 11.2 Å². The third-order valence-electron chi connectivity index (χ3n) is 3.64. The van der Waals surface area contributed by atoms with Crippen molar-refractivity contribution in [1.29, 1.82) is 0 Å². The van der Waals surface area contributed by atoms with E-state index >= 15 is 0 Å². The van der Waals surface area contributed by atoms with Gasteiger partial charge >= 0.3 is 0 Å². The molecule has 6 heteroatoms. The molecule has 4 nitrogen and oxygen atoms in total. The average molecular weight is 305 g/mol. The van der Waals surface area contributed by atoms with Gasteiger partial charge in [-0.2, -0.15) is 0 Å². The van der Waals surface area contributed by atoms with Gasteiger partial charge in [0.1, 0.15) is 0 Å². The normalized spacial score (nSPS) is 10.7. The van der Waals surface area contributed by atoms with Gasteiger partial charge < -0.3 is 15.8 Å². The molecule has 0 saturated heterocycles. The molecule has 0 bridgehead atoms. The van der Waals surface area contributed by atoms with Crippen LogP contribution in [0.1, 0.15) is 26.7 Å². The van der Waals surface area contributed by atoms with Crippen LogP contribution in [0.3, 0.4) is 0 Å². The molecule has 1 aromatic carbocycles. The van der Waals surface area contributed by atoms with Crippen LogP contribution in [0.15, 0.2) is 18.2 Å². The fourth-order valence-corrected chi connectivity index (χ4v) is 1.96. The summed E-state index contributed by atoms with van der Waals surface area (Å²) in [6, 6.07) is 4.32. The average Bonchev–Trinajstić information content (AvgIpc) is 2.41. The Hall–Kier alpha value is -1.33. The number of rotatable bonds is 6. The Morgan fingerprint density at radius 3 is 2.40 bits per heavy atom. The summed E-state index contributed by atoms with van der Waals surface area (Å²) in [4.78, 5) is 12.2. The van der Waals surface area contributed by atoms with Gasteiger partial charge in [-0.25, -0.2) is 4.39 Å². The molecule has 0 saturated carbocycles. The molecule has 0 aliphatic carbocycles. The van der Waals surface area contributed by atoms with Crippen LogP contribution in [0.5, 0.6) is 5.75 Å². The zero-order chi connectivity index (χ0) is 14.5. The fraction of sp³-hybridized carbons (Fsp3) is 0.500. The number of amides is 1. The van der Waals surface area contributed by atoms with Crippen molar-refractivity contribution in [3.05, 3.63) is 24.0 Å². The van der Waals surface area contributed by atoms with E-state index < -0.39 is 11.2 Å². The van der Waals surface area contributed by atoms with Gasteiger partial charge in [0, 0.05) is 18.3 Å². The van der Waals surface area contributed by atoms with E-state index in [1.54, 1.807) is 6.07 Å². The van der Waals surface area contributed by atoms with Crippen molar-refractivity contribution in [2.75, 3.05) is 19.0 Å². The molecular weight excluding hydrogens is 283 g/mol. The first-order valence-electron chi connectivity index (χ1n) is 6.38. The van der Waals surface area contributed by atoms with Gasteiger partial charge in [0.25, 0.3) is 0 Å². The van der Waals surface area contributed by atoms with E-state index in [-0.39, 0.29) is 30.6 Å². The topological polar surface area (TPSA) is 64.4 Å². The van der Waals surface area contributed by atoms with Crippen molar-refractivity contribution in [2.24, 2.45) is 11.1 Å². The molecule has 1 amide bonds. The highest BCUT2D eigenvalue weighted by Crippen LogP contribution is 2.28. The molecule has 0 aliphatic rings. The number of halogens is 2.